The molecule has 1 N–H and O–H groups in total. The number of carbonyl (C=O) groups is 1. The van der Waals surface area contributed by atoms with Crippen molar-refractivity contribution in [1.29, 1.82) is 0 Å². The van der Waals surface area contributed by atoms with Crippen molar-refractivity contribution < 1.29 is 4.79 Å². The third-order valence-corrected chi connectivity index (χ3v) is 6.20. The van der Waals surface area contributed by atoms with E-state index < -0.39 is 0 Å². The normalized spacial score (nSPS) is 14.5. The molecule has 1 fully saturated rings. The Kier molecular flexibility index (Phi) is 5.60. The van der Waals surface area contributed by atoms with Crippen molar-refractivity contribution >= 4 is 34.4 Å². The molecule has 5 rings (SSSR count). The predicted molar refractivity (Wildman–Crippen MR) is 128 cm³/mol. The Bertz CT molecular complexity index is 1380. The maximum absolute atomic E-state index is 13.5. The Balaban J connectivity index is 1.40. The molecule has 0 radical (unpaired) electrons. The highest BCUT2D eigenvalue weighted by molar-refractivity contribution is 6.35. The Hall–Kier alpha value is -3.65. The molecule has 1 saturated heterocycles. The molecule has 0 bridgehead atoms. The number of carbonyl (C=O) groups excluding carboxylic acids is 1. The summed E-state index contributed by atoms with van der Waals surface area (Å²) in [6.07, 6.45) is 4.29. The van der Waals surface area contributed by atoms with Crippen LogP contribution in [0.1, 0.15) is 22.3 Å². The predicted octanol–water partition coefficient (Wildman–Crippen LogP) is 3.42. The van der Waals surface area contributed by atoms with Crippen LogP contribution in [0.3, 0.4) is 0 Å². The first-order chi connectivity index (χ1) is 16.0. The van der Waals surface area contributed by atoms with E-state index in [4.69, 9.17) is 11.6 Å². The summed E-state index contributed by atoms with van der Waals surface area (Å²) in [4.78, 5) is 37.5. The lowest BCUT2D eigenvalue weighted by Crippen LogP contribution is -2.36. The molecule has 33 heavy (non-hydrogen) atoms. The van der Waals surface area contributed by atoms with E-state index >= 15 is 0 Å². The number of hydrogen-bond acceptors (Lipinski definition) is 5. The zero-order chi connectivity index (χ0) is 22.9. The molecule has 2 aromatic carbocycles. The number of amides is 1. The van der Waals surface area contributed by atoms with E-state index in [0.717, 1.165) is 17.7 Å². The lowest BCUT2D eigenvalue weighted by atomic mass is 10.1. The number of nitrogens with one attached hydrogen (secondary N) is 1. The number of H-pyrrole nitrogens is 1. The molecular formula is C24H23ClN6O2. The molecule has 4 aromatic rings. The summed E-state index contributed by atoms with van der Waals surface area (Å²) in [5, 5.41) is 5.07. The van der Waals surface area contributed by atoms with Gasteiger partial charge in [-0.05, 0) is 43.7 Å². The number of hydrogen-bond donors (Lipinski definition) is 1. The number of fused-ring (bicyclic) bond motifs is 1. The Labute approximate surface area is 195 Å². The average molecular weight is 463 g/mol. The molecule has 0 saturated carbocycles. The first-order valence-electron chi connectivity index (χ1n) is 10.8. The number of aryl methyl sites for hydroxylation is 1. The summed E-state index contributed by atoms with van der Waals surface area (Å²) in [6.45, 7) is 4.35. The van der Waals surface area contributed by atoms with Crippen LogP contribution in [0.2, 0.25) is 5.02 Å². The van der Waals surface area contributed by atoms with Crippen LogP contribution in [-0.2, 0) is 0 Å². The van der Waals surface area contributed by atoms with Gasteiger partial charge in [-0.25, -0.2) is 9.67 Å². The average Bonchev–Trinajstić information content (AvgIpc) is 3.22. The van der Waals surface area contributed by atoms with Crippen molar-refractivity contribution in [3.63, 3.8) is 0 Å². The largest absolute Gasteiger partial charge is 0.340 e. The Morgan fingerprint density at radius 3 is 2.79 bits per heavy atom. The van der Waals surface area contributed by atoms with Crippen LogP contribution < -0.4 is 10.5 Å². The quantitative estimate of drug-likeness (QED) is 0.504. The minimum absolute atomic E-state index is 0.0298. The number of anilines is 1. The van der Waals surface area contributed by atoms with Gasteiger partial charge in [-0.2, -0.15) is 5.10 Å². The lowest BCUT2D eigenvalue weighted by molar-refractivity contribution is 0.0766. The highest BCUT2D eigenvalue weighted by atomic mass is 35.5. The molecule has 9 heteroatoms. The van der Waals surface area contributed by atoms with E-state index in [-0.39, 0.29) is 11.5 Å². The minimum Gasteiger partial charge on any atom is -0.340 e. The zero-order valence-corrected chi connectivity index (χ0v) is 18.9. The fraction of sp³-hybridized carbons (Fsp3) is 0.250. The van der Waals surface area contributed by atoms with Gasteiger partial charge in [-0.3, -0.25) is 14.6 Å². The van der Waals surface area contributed by atoms with Crippen LogP contribution in [0, 0.1) is 6.92 Å². The highest BCUT2D eigenvalue weighted by Crippen LogP contribution is 2.22. The lowest BCUT2D eigenvalue weighted by Gasteiger charge is -2.23. The van der Waals surface area contributed by atoms with E-state index in [0.29, 0.717) is 53.6 Å². The van der Waals surface area contributed by atoms with Gasteiger partial charge in [0.1, 0.15) is 0 Å². The van der Waals surface area contributed by atoms with Gasteiger partial charge in [0.05, 0.1) is 27.2 Å². The number of halogens is 1. The number of rotatable bonds is 3. The molecule has 0 unspecified atom stereocenters. The van der Waals surface area contributed by atoms with Gasteiger partial charge in [-0.1, -0.05) is 29.3 Å². The smallest absolute Gasteiger partial charge is 0.261 e. The molecule has 168 valence electrons. The third kappa shape index (κ3) is 4.09. The van der Waals surface area contributed by atoms with Crippen LogP contribution in [0.5, 0.6) is 0 Å². The maximum atomic E-state index is 13.5. The number of aromatic amines is 1. The molecule has 1 amide bonds. The van der Waals surface area contributed by atoms with Crippen molar-refractivity contribution in [2.24, 2.45) is 0 Å². The number of benzene rings is 2. The number of aromatic nitrogens is 4. The van der Waals surface area contributed by atoms with Crippen LogP contribution >= 0.6 is 11.6 Å². The zero-order valence-electron chi connectivity index (χ0n) is 18.2. The second-order valence-electron chi connectivity index (χ2n) is 8.13. The van der Waals surface area contributed by atoms with Crippen molar-refractivity contribution in [2.75, 3.05) is 31.1 Å². The Morgan fingerprint density at radius 1 is 1.09 bits per heavy atom. The van der Waals surface area contributed by atoms with Gasteiger partial charge in [-0.15, -0.1) is 0 Å². The van der Waals surface area contributed by atoms with Gasteiger partial charge in [0.25, 0.3) is 11.5 Å². The maximum Gasteiger partial charge on any atom is 0.261 e. The van der Waals surface area contributed by atoms with Crippen molar-refractivity contribution in [2.45, 2.75) is 13.3 Å². The molecule has 0 spiro atoms. The molecule has 0 aliphatic carbocycles. The summed E-state index contributed by atoms with van der Waals surface area (Å²) in [5.74, 6) is 0.467. The fourth-order valence-corrected chi connectivity index (χ4v) is 4.48. The second-order valence-corrected chi connectivity index (χ2v) is 8.53. The minimum atomic E-state index is -0.263. The van der Waals surface area contributed by atoms with Crippen LogP contribution in [0.4, 0.5) is 5.95 Å². The molecule has 8 nitrogen and oxygen atoms in total. The molecule has 3 heterocycles. The van der Waals surface area contributed by atoms with Gasteiger partial charge < -0.3 is 9.80 Å². The first-order valence-corrected chi connectivity index (χ1v) is 11.2. The van der Waals surface area contributed by atoms with Crippen molar-refractivity contribution in [3.8, 4) is 5.69 Å². The van der Waals surface area contributed by atoms with E-state index in [1.807, 2.05) is 47.2 Å². The standard InChI is InChI=1S/C24H23ClN6O2/c1-16-7-8-20(31-12-3-9-26-31)17(15-16)23(33)29-10-4-11-30(14-13-29)24-27-19-6-2-5-18(25)21(19)22(32)28-24/h2-3,5-9,12,15H,4,10-11,13-14H2,1H3,(H,27,28,32). The van der Waals surface area contributed by atoms with Crippen molar-refractivity contribution in [3.05, 3.63) is 81.4 Å². The Morgan fingerprint density at radius 2 is 1.97 bits per heavy atom. The first kappa shape index (κ1) is 21.2. The summed E-state index contributed by atoms with van der Waals surface area (Å²) in [6, 6.07) is 12.9. The molecule has 1 aliphatic rings. The van der Waals surface area contributed by atoms with Gasteiger partial charge in [0.2, 0.25) is 5.95 Å². The van der Waals surface area contributed by atoms with E-state index in [1.165, 1.54) is 0 Å². The van der Waals surface area contributed by atoms with Gasteiger partial charge in [0.15, 0.2) is 0 Å². The summed E-state index contributed by atoms with van der Waals surface area (Å²) < 4.78 is 1.71. The summed E-state index contributed by atoms with van der Waals surface area (Å²) in [5.41, 5.74) is 2.69. The van der Waals surface area contributed by atoms with Crippen molar-refractivity contribution in [1.82, 2.24) is 24.6 Å². The van der Waals surface area contributed by atoms with Gasteiger partial charge >= 0.3 is 0 Å². The van der Waals surface area contributed by atoms with Gasteiger partial charge in [0, 0.05) is 38.6 Å². The van der Waals surface area contributed by atoms with Crippen LogP contribution in [0.25, 0.3) is 16.6 Å². The van der Waals surface area contributed by atoms with Crippen LogP contribution in [-0.4, -0.2) is 56.7 Å². The summed E-state index contributed by atoms with van der Waals surface area (Å²) in [7, 11) is 0. The topological polar surface area (TPSA) is 87.1 Å². The molecule has 1 aliphatic heterocycles. The van der Waals surface area contributed by atoms with E-state index in [2.05, 4.69) is 15.1 Å². The van der Waals surface area contributed by atoms with E-state index in [9.17, 15) is 9.59 Å². The monoisotopic (exact) mass is 462 g/mol. The van der Waals surface area contributed by atoms with Crippen LogP contribution in [0.15, 0.2) is 59.7 Å². The molecule has 2 aromatic heterocycles. The molecular weight excluding hydrogens is 440 g/mol. The SMILES string of the molecule is Cc1ccc(-n2cccn2)c(C(=O)N2CCCN(c3nc4cccc(Cl)c4c(=O)[nH]3)CC2)c1. The third-order valence-electron chi connectivity index (χ3n) is 5.89. The fourth-order valence-electron chi connectivity index (χ4n) is 4.22. The highest BCUT2D eigenvalue weighted by Gasteiger charge is 2.24. The molecule has 0 atom stereocenters. The second kappa shape index (κ2) is 8.71. The number of nitrogens with zero attached hydrogens (tertiary/aromatic N) is 5. The van der Waals surface area contributed by atoms with E-state index in [1.54, 1.807) is 29.1 Å². The summed E-state index contributed by atoms with van der Waals surface area (Å²) >= 11 is 6.18.